The van der Waals surface area contributed by atoms with E-state index in [0.29, 0.717) is 22.9 Å². The lowest BCUT2D eigenvalue weighted by Crippen LogP contribution is -2.16. The minimum absolute atomic E-state index is 0.0538. The van der Waals surface area contributed by atoms with Gasteiger partial charge in [-0.3, -0.25) is 9.20 Å². The van der Waals surface area contributed by atoms with Crippen molar-refractivity contribution in [2.45, 2.75) is 13.2 Å². The Balaban J connectivity index is 1.39. The number of esters is 1. The van der Waals surface area contributed by atoms with E-state index in [-0.39, 0.29) is 24.5 Å². The zero-order valence-corrected chi connectivity index (χ0v) is 16.7. The summed E-state index contributed by atoms with van der Waals surface area (Å²) in [6, 6.07) is 17.3. The van der Waals surface area contributed by atoms with Crippen LogP contribution in [0.15, 0.2) is 80.5 Å². The smallest absolute Gasteiger partial charge is 0.374 e. The van der Waals surface area contributed by atoms with Crippen molar-refractivity contribution in [2.24, 2.45) is 0 Å². The van der Waals surface area contributed by atoms with Gasteiger partial charge in [0.25, 0.3) is 5.56 Å². The van der Waals surface area contributed by atoms with E-state index in [0.717, 1.165) is 4.47 Å². The molecule has 0 radical (unpaired) electrons. The van der Waals surface area contributed by atoms with Gasteiger partial charge in [0.2, 0.25) is 5.76 Å². The Morgan fingerprint density at radius 3 is 2.72 bits per heavy atom. The van der Waals surface area contributed by atoms with E-state index in [2.05, 4.69) is 20.9 Å². The van der Waals surface area contributed by atoms with Gasteiger partial charge in [-0.05, 0) is 52.3 Å². The zero-order valence-electron chi connectivity index (χ0n) is 15.1. The van der Waals surface area contributed by atoms with Crippen molar-refractivity contribution in [3.8, 4) is 5.75 Å². The first-order valence-electron chi connectivity index (χ1n) is 8.70. The van der Waals surface area contributed by atoms with E-state index in [9.17, 15) is 9.59 Å². The molecule has 1 aromatic carbocycles. The number of furan rings is 1. The van der Waals surface area contributed by atoms with Crippen LogP contribution in [0.25, 0.3) is 5.65 Å². The first-order valence-corrected chi connectivity index (χ1v) is 9.49. The second-order valence-corrected chi connectivity index (χ2v) is 7.02. The van der Waals surface area contributed by atoms with Crippen molar-refractivity contribution >= 4 is 27.5 Å². The van der Waals surface area contributed by atoms with Crippen LogP contribution in [-0.2, 0) is 18.0 Å². The normalized spacial score (nSPS) is 10.8. The molecule has 4 aromatic rings. The molecule has 8 heteroatoms. The fraction of sp³-hybridized carbons (Fsp3) is 0.0952. The number of para-hydroxylation sites is 1. The molecule has 29 heavy (non-hydrogen) atoms. The Labute approximate surface area is 173 Å². The van der Waals surface area contributed by atoms with Crippen molar-refractivity contribution in [1.82, 2.24) is 9.38 Å². The summed E-state index contributed by atoms with van der Waals surface area (Å²) in [6.45, 7) is 0.0486. The van der Waals surface area contributed by atoms with Crippen molar-refractivity contribution in [1.29, 1.82) is 0 Å². The van der Waals surface area contributed by atoms with E-state index in [4.69, 9.17) is 13.9 Å². The van der Waals surface area contributed by atoms with Crippen LogP contribution in [0.5, 0.6) is 5.75 Å². The molecule has 0 spiro atoms. The average molecular weight is 455 g/mol. The van der Waals surface area contributed by atoms with Crippen LogP contribution >= 0.6 is 15.9 Å². The number of hydrogen-bond acceptors (Lipinski definition) is 6. The number of carbonyl (C=O) groups is 1. The largest absolute Gasteiger partial charge is 0.486 e. The quantitative estimate of drug-likeness (QED) is 0.409. The van der Waals surface area contributed by atoms with Gasteiger partial charge in [0.05, 0.1) is 5.69 Å². The maximum Gasteiger partial charge on any atom is 0.374 e. The van der Waals surface area contributed by atoms with E-state index in [1.54, 1.807) is 24.4 Å². The van der Waals surface area contributed by atoms with E-state index < -0.39 is 5.97 Å². The number of carbonyl (C=O) groups excluding carboxylic acids is 1. The summed E-state index contributed by atoms with van der Waals surface area (Å²) in [7, 11) is 0. The Bertz CT molecular complexity index is 1220. The second kappa shape index (κ2) is 8.32. The highest BCUT2D eigenvalue weighted by Crippen LogP contribution is 2.15. The van der Waals surface area contributed by atoms with Crippen LogP contribution < -0.4 is 10.3 Å². The fourth-order valence-electron chi connectivity index (χ4n) is 2.65. The van der Waals surface area contributed by atoms with Crippen LogP contribution in [0, 0.1) is 0 Å². The highest BCUT2D eigenvalue weighted by molar-refractivity contribution is 9.10. The SMILES string of the molecule is O=C(OCc1cc(=O)n2cc(Br)ccc2n1)c1ccc(COc2ccccc2)o1. The van der Waals surface area contributed by atoms with Crippen LogP contribution in [-0.4, -0.2) is 15.4 Å². The number of rotatable bonds is 6. The Morgan fingerprint density at radius 2 is 1.90 bits per heavy atom. The predicted octanol–water partition coefficient (Wildman–Crippen LogP) is 3.99. The summed E-state index contributed by atoms with van der Waals surface area (Å²) in [4.78, 5) is 28.7. The summed E-state index contributed by atoms with van der Waals surface area (Å²) >= 11 is 3.31. The monoisotopic (exact) mass is 454 g/mol. The summed E-state index contributed by atoms with van der Waals surface area (Å²) in [5.74, 6) is 0.606. The molecule has 4 rings (SSSR count). The van der Waals surface area contributed by atoms with Gasteiger partial charge in [-0.1, -0.05) is 18.2 Å². The molecular formula is C21H15BrN2O5. The average Bonchev–Trinajstić information content (AvgIpc) is 3.21. The van der Waals surface area contributed by atoms with E-state index in [1.807, 2.05) is 30.3 Å². The van der Waals surface area contributed by atoms with Crippen molar-refractivity contribution < 1.29 is 18.7 Å². The third kappa shape index (κ3) is 4.55. The number of benzene rings is 1. The molecule has 0 aliphatic rings. The first-order chi connectivity index (χ1) is 14.1. The van der Waals surface area contributed by atoms with Gasteiger partial charge in [-0.25, -0.2) is 9.78 Å². The second-order valence-electron chi connectivity index (χ2n) is 6.11. The van der Waals surface area contributed by atoms with Gasteiger partial charge in [0.1, 0.15) is 30.4 Å². The predicted molar refractivity (Wildman–Crippen MR) is 108 cm³/mol. The zero-order chi connectivity index (χ0) is 20.2. The first kappa shape index (κ1) is 18.9. The molecule has 0 aliphatic carbocycles. The highest BCUT2D eigenvalue weighted by atomic mass is 79.9. The minimum Gasteiger partial charge on any atom is -0.486 e. The number of aromatic nitrogens is 2. The molecule has 0 fully saturated rings. The summed E-state index contributed by atoms with van der Waals surface area (Å²) < 4.78 is 18.4. The van der Waals surface area contributed by atoms with Crippen LogP contribution in [0.4, 0.5) is 0 Å². The summed E-state index contributed by atoms with van der Waals surface area (Å²) in [5, 5.41) is 0. The standard InChI is InChI=1S/C21H15BrN2O5/c22-14-6-9-19-23-15(10-20(25)24(19)11-14)12-28-21(26)18-8-7-17(29-18)13-27-16-4-2-1-3-5-16/h1-11H,12-13H2. The Morgan fingerprint density at radius 1 is 1.07 bits per heavy atom. The molecule has 0 saturated carbocycles. The lowest BCUT2D eigenvalue weighted by Gasteiger charge is -2.05. The van der Waals surface area contributed by atoms with Gasteiger partial charge in [0, 0.05) is 16.7 Å². The van der Waals surface area contributed by atoms with Gasteiger partial charge >= 0.3 is 5.97 Å². The van der Waals surface area contributed by atoms with E-state index >= 15 is 0 Å². The number of halogens is 1. The molecule has 0 N–H and O–H groups in total. The minimum atomic E-state index is -0.645. The van der Waals surface area contributed by atoms with Gasteiger partial charge in [0.15, 0.2) is 0 Å². The van der Waals surface area contributed by atoms with Crippen molar-refractivity contribution in [3.05, 3.63) is 98.9 Å². The molecule has 0 aliphatic heterocycles. The molecule has 0 unspecified atom stereocenters. The van der Waals surface area contributed by atoms with E-state index in [1.165, 1.54) is 16.5 Å². The molecule has 0 bridgehead atoms. The van der Waals surface area contributed by atoms with Gasteiger partial charge < -0.3 is 13.9 Å². The molecule has 0 amide bonds. The number of pyridine rings is 1. The summed E-state index contributed by atoms with van der Waals surface area (Å²) in [6.07, 6.45) is 1.63. The Kier molecular flexibility index (Phi) is 5.44. The number of hydrogen-bond donors (Lipinski definition) is 0. The van der Waals surface area contributed by atoms with Crippen molar-refractivity contribution in [2.75, 3.05) is 0 Å². The lowest BCUT2D eigenvalue weighted by molar-refractivity contribution is 0.0427. The van der Waals surface area contributed by atoms with Crippen LogP contribution in [0.1, 0.15) is 22.0 Å². The lowest BCUT2D eigenvalue weighted by atomic mass is 10.3. The maximum atomic E-state index is 12.2. The molecular weight excluding hydrogens is 440 g/mol. The van der Waals surface area contributed by atoms with Gasteiger partial charge in [-0.15, -0.1) is 0 Å². The molecule has 3 aromatic heterocycles. The molecule has 0 atom stereocenters. The molecule has 7 nitrogen and oxygen atoms in total. The number of fused-ring (bicyclic) bond motifs is 1. The topological polar surface area (TPSA) is 83.0 Å². The highest BCUT2D eigenvalue weighted by Gasteiger charge is 2.14. The van der Waals surface area contributed by atoms with Crippen molar-refractivity contribution in [3.63, 3.8) is 0 Å². The molecule has 146 valence electrons. The van der Waals surface area contributed by atoms with Gasteiger partial charge in [-0.2, -0.15) is 0 Å². The van der Waals surface area contributed by atoms with Crippen LogP contribution in [0.2, 0.25) is 0 Å². The fourth-order valence-corrected chi connectivity index (χ4v) is 2.98. The van der Waals surface area contributed by atoms with Crippen LogP contribution in [0.3, 0.4) is 0 Å². The number of ether oxygens (including phenoxy) is 2. The Hall–Kier alpha value is -3.39. The third-order valence-corrected chi connectivity index (χ3v) is 4.48. The summed E-state index contributed by atoms with van der Waals surface area (Å²) in [5.41, 5.74) is 0.552. The number of nitrogens with zero attached hydrogens (tertiary/aromatic N) is 2. The maximum absolute atomic E-state index is 12.2. The third-order valence-electron chi connectivity index (χ3n) is 4.01. The molecule has 3 heterocycles. The molecule has 0 saturated heterocycles.